The van der Waals surface area contributed by atoms with Crippen LogP contribution < -0.4 is 5.32 Å². The van der Waals surface area contributed by atoms with Gasteiger partial charge in [-0.25, -0.2) is 4.39 Å². The number of nitrogens with one attached hydrogen (secondary N) is 1. The van der Waals surface area contributed by atoms with Crippen molar-refractivity contribution in [3.05, 3.63) is 69.4 Å². The normalized spacial score (nSPS) is 10.3. The van der Waals surface area contributed by atoms with Crippen LogP contribution in [0.1, 0.15) is 21.5 Å². The van der Waals surface area contributed by atoms with E-state index in [0.29, 0.717) is 18.5 Å². The smallest absolute Gasteiger partial charge is 0.251 e. The Bertz CT molecular complexity index is 610. The van der Waals surface area contributed by atoms with Crippen LogP contribution in [-0.2, 0) is 6.42 Å². The quantitative estimate of drug-likeness (QED) is 0.902. The molecule has 4 heteroatoms. The van der Waals surface area contributed by atoms with Gasteiger partial charge in [0.25, 0.3) is 5.91 Å². The molecule has 2 rings (SSSR count). The first-order chi connectivity index (χ1) is 9.56. The van der Waals surface area contributed by atoms with Gasteiger partial charge in [-0.3, -0.25) is 4.79 Å². The van der Waals surface area contributed by atoms with E-state index in [0.717, 1.165) is 15.6 Å². The first-order valence-corrected chi connectivity index (χ1v) is 7.14. The number of rotatable bonds is 4. The Balaban J connectivity index is 1.89. The monoisotopic (exact) mass is 335 g/mol. The fourth-order valence-electron chi connectivity index (χ4n) is 1.95. The minimum Gasteiger partial charge on any atom is -0.352 e. The SMILES string of the molecule is Cc1cc(F)ccc1CCNC(=O)c1ccc(Br)cc1. The topological polar surface area (TPSA) is 29.1 Å². The average Bonchev–Trinajstić information content (AvgIpc) is 2.42. The molecular weight excluding hydrogens is 321 g/mol. The summed E-state index contributed by atoms with van der Waals surface area (Å²) in [5.41, 5.74) is 2.58. The summed E-state index contributed by atoms with van der Waals surface area (Å²) in [6.07, 6.45) is 0.689. The van der Waals surface area contributed by atoms with E-state index in [1.807, 2.05) is 19.1 Å². The van der Waals surface area contributed by atoms with Gasteiger partial charge in [0.05, 0.1) is 0 Å². The number of carbonyl (C=O) groups excluding carboxylic acids is 1. The molecule has 1 amide bonds. The first-order valence-electron chi connectivity index (χ1n) is 6.35. The third kappa shape index (κ3) is 3.90. The fourth-order valence-corrected chi connectivity index (χ4v) is 2.22. The zero-order chi connectivity index (χ0) is 14.5. The zero-order valence-corrected chi connectivity index (χ0v) is 12.7. The van der Waals surface area contributed by atoms with Crippen molar-refractivity contribution in [2.75, 3.05) is 6.54 Å². The van der Waals surface area contributed by atoms with Crippen LogP contribution in [0.4, 0.5) is 4.39 Å². The second-order valence-corrected chi connectivity index (χ2v) is 5.50. The molecule has 2 aromatic carbocycles. The molecule has 0 spiro atoms. The minimum absolute atomic E-state index is 0.0998. The average molecular weight is 336 g/mol. The molecule has 104 valence electrons. The molecule has 0 aliphatic carbocycles. The van der Waals surface area contributed by atoms with Crippen molar-refractivity contribution in [3.63, 3.8) is 0 Å². The third-order valence-corrected chi connectivity index (χ3v) is 3.62. The second-order valence-electron chi connectivity index (χ2n) is 4.58. The molecular formula is C16H15BrFNO. The molecule has 0 aliphatic heterocycles. The summed E-state index contributed by atoms with van der Waals surface area (Å²) in [4.78, 5) is 11.9. The van der Waals surface area contributed by atoms with Crippen LogP contribution >= 0.6 is 15.9 Å². The summed E-state index contributed by atoms with van der Waals surface area (Å²) in [7, 11) is 0. The van der Waals surface area contributed by atoms with Gasteiger partial charge in [-0.2, -0.15) is 0 Å². The van der Waals surface area contributed by atoms with Crippen LogP contribution in [0.25, 0.3) is 0 Å². The lowest BCUT2D eigenvalue weighted by atomic mass is 10.1. The number of hydrogen-bond acceptors (Lipinski definition) is 1. The highest BCUT2D eigenvalue weighted by Gasteiger charge is 2.05. The Morgan fingerprint density at radius 3 is 2.55 bits per heavy atom. The molecule has 2 aromatic rings. The molecule has 2 nitrogen and oxygen atoms in total. The second kappa shape index (κ2) is 6.66. The summed E-state index contributed by atoms with van der Waals surface area (Å²) in [6.45, 7) is 2.40. The highest BCUT2D eigenvalue weighted by atomic mass is 79.9. The zero-order valence-electron chi connectivity index (χ0n) is 11.1. The van der Waals surface area contributed by atoms with Gasteiger partial charge >= 0.3 is 0 Å². The predicted molar refractivity (Wildman–Crippen MR) is 81.3 cm³/mol. The highest BCUT2D eigenvalue weighted by molar-refractivity contribution is 9.10. The molecule has 0 saturated heterocycles. The van der Waals surface area contributed by atoms with E-state index in [1.54, 1.807) is 18.2 Å². The predicted octanol–water partition coefficient (Wildman–Crippen LogP) is 3.87. The standard InChI is InChI=1S/C16H15BrFNO/c1-11-10-15(18)7-4-12(11)8-9-19-16(20)13-2-5-14(17)6-3-13/h2-7,10H,8-9H2,1H3,(H,19,20). The van der Waals surface area contributed by atoms with Gasteiger partial charge in [0.2, 0.25) is 0 Å². The summed E-state index contributed by atoms with van der Waals surface area (Å²) < 4.78 is 13.9. The molecule has 0 aromatic heterocycles. The lowest BCUT2D eigenvalue weighted by Crippen LogP contribution is -2.25. The summed E-state index contributed by atoms with van der Waals surface area (Å²) >= 11 is 3.33. The molecule has 0 aliphatic rings. The maximum atomic E-state index is 13.0. The number of amides is 1. The van der Waals surface area contributed by atoms with Crippen LogP contribution in [0.3, 0.4) is 0 Å². The molecule has 0 fully saturated rings. The van der Waals surface area contributed by atoms with Gasteiger partial charge in [-0.05, 0) is 60.9 Å². The lowest BCUT2D eigenvalue weighted by molar-refractivity contribution is 0.0954. The van der Waals surface area contributed by atoms with Crippen LogP contribution in [0.5, 0.6) is 0 Å². The van der Waals surface area contributed by atoms with Gasteiger partial charge in [0, 0.05) is 16.6 Å². The number of benzene rings is 2. The molecule has 0 bridgehead atoms. The summed E-state index contributed by atoms with van der Waals surface area (Å²) in [5, 5.41) is 2.86. The van der Waals surface area contributed by atoms with E-state index in [-0.39, 0.29) is 11.7 Å². The maximum absolute atomic E-state index is 13.0. The number of hydrogen-bond donors (Lipinski definition) is 1. The van der Waals surface area contributed by atoms with Gasteiger partial charge in [-0.15, -0.1) is 0 Å². The Morgan fingerprint density at radius 1 is 1.20 bits per heavy atom. The van der Waals surface area contributed by atoms with Gasteiger partial charge in [0.1, 0.15) is 5.82 Å². The van der Waals surface area contributed by atoms with Crippen LogP contribution in [0.2, 0.25) is 0 Å². The molecule has 0 saturated carbocycles. The molecule has 20 heavy (non-hydrogen) atoms. The van der Waals surface area contributed by atoms with Crippen molar-refractivity contribution < 1.29 is 9.18 Å². The van der Waals surface area contributed by atoms with E-state index in [1.165, 1.54) is 12.1 Å². The molecule has 0 heterocycles. The van der Waals surface area contributed by atoms with E-state index in [2.05, 4.69) is 21.2 Å². The number of aryl methyl sites for hydroxylation is 1. The maximum Gasteiger partial charge on any atom is 0.251 e. The number of carbonyl (C=O) groups is 1. The molecule has 0 atom stereocenters. The van der Waals surface area contributed by atoms with Crippen molar-refractivity contribution in [2.45, 2.75) is 13.3 Å². The Morgan fingerprint density at radius 2 is 1.90 bits per heavy atom. The van der Waals surface area contributed by atoms with Crippen molar-refractivity contribution in [3.8, 4) is 0 Å². The Labute approximate surface area is 126 Å². The fraction of sp³-hybridized carbons (Fsp3) is 0.188. The van der Waals surface area contributed by atoms with E-state index in [4.69, 9.17) is 0 Å². The van der Waals surface area contributed by atoms with Crippen molar-refractivity contribution >= 4 is 21.8 Å². The van der Waals surface area contributed by atoms with Gasteiger partial charge < -0.3 is 5.32 Å². The van der Waals surface area contributed by atoms with E-state index in [9.17, 15) is 9.18 Å². The van der Waals surface area contributed by atoms with E-state index >= 15 is 0 Å². The van der Waals surface area contributed by atoms with Crippen molar-refractivity contribution in [1.29, 1.82) is 0 Å². The summed E-state index contributed by atoms with van der Waals surface area (Å²) in [5.74, 6) is -0.331. The van der Waals surface area contributed by atoms with Crippen molar-refractivity contribution in [1.82, 2.24) is 5.32 Å². The molecule has 1 N–H and O–H groups in total. The molecule has 0 unspecified atom stereocenters. The Kier molecular flexibility index (Phi) is 4.90. The number of halogens is 2. The van der Waals surface area contributed by atoms with Gasteiger partial charge in [0.15, 0.2) is 0 Å². The summed E-state index contributed by atoms with van der Waals surface area (Å²) in [6, 6.07) is 11.9. The van der Waals surface area contributed by atoms with E-state index < -0.39 is 0 Å². The van der Waals surface area contributed by atoms with Gasteiger partial charge in [-0.1, -0.05) is 22.0 Å². The van der Waals surface area contributed by atoms with Crippen LogP contribution in [-0.4, -0.2) is 12.5 Å². The van der Waals surface area contributed by atoms with Crippen molar-refractivity contribution in [2.24, 2.45) is 0 Å². The minimum atomic E-state index is -0.231. The first kappa shape index (κ1) is 14.7. The van der Waals surface area contributed by atoms with Crippen LogP contribution in [0.15, 0.2) is 46.9 Å². The lowest BCUT2D eigenvalue weighted by Gasteiger charge is -2.08. The largest absolute Gasteiger partial charge is 0.352 e. The molecule has 0 radical (unpaired) electrons. The highest BCUT2D eigenvalue weighted by Crippen LogP contribution is 2.11. The Hall–Kier alpha value is -1.68. The third-order valence-electron chi connectivity index (χ3n) is 3.09. The van der Waals surface area contributed by atoms with Crippen LogP contribution in [0, 0.1) is 12.7 Å².